The SMILES string of the molecule is Cc1ccc(CCB2OCCO2)cc1. The smallest absolute Gasteiger partial charge is 0.409 e. The first kappa shape index (κ1) is 9.75. The van der Waals surface area contributed by atoms with E-state index in [0.29, 0.717) is 0 Å². The van der Waals surface area contributed by atoms with Gasteiger partial charge in [-0.15, -0.1) is 0 Å². The Bertz CT molecular complexity index is 278. The van der Waals surface area contributed by atoms with Crippen molar-refractivity contribution in [2.45, 2.75) is 19.7 Å². The molecule has 1 aromatic carbocycles. The maximum absolute atomic E-state index is 5.38. The first-order valence-corrected chi connectivity index (χ1v) is 5.13. The number of hydrogen-bond donors (Lipinski definition) is 0. The molecule has 74 valence electrons. The lowest BCUT2D eigenvalue weighted by Crippen LogP contribution is -2.14. The lowest BCUT2D eigenvalue weighted by molar-refractivity contribution is 0.365. The van der Waals surface area contributed by atoms with Crippen molar-refractivity contribution in [1.29, 1.82) is 0 Å². The highest BCUT2D eigenvalue weighted by Crippen LogP contribution is 2.11. The van der Waals surface area contributed by atoms with Gasteiger partial charge in [0.25, 0.3) is 0 Å². The summed E-state index contributed by atoms with van der Waals surface area (Å²) in [6, 6.07) is 8.63. The average Bonchev–Trinajstić information content (AvgIpc) is 2.70. The lowest BCUT2D eigenvalue weighted by Gasteiger charge is -2.04. The standard InChI is InChI=1S/C11H15BO2/c1-10-2-4-11(5-3-10)6-7-12-13-8-9-14-12/h2-5H,6-9H2,1H3. The second kappa shape index (κ2) is 4.62. The number of hydrogen-bond acceptors (Lipinski definition) is 2. The molecule has 1 aliphatic heterocycles. The Hall–Kier alpha value is -0.795. The summed E-state index contributed by atoms with van der Waals surface area (Å²) in [6.45, 7) is 3.60. The van der Waals surface area contributed by atoms with Gasteiger partial charge in [-0.1, -0.05) is 29.8 Å². The topological polar surface area (TPSA) is 18.5 Å². The summed E-state index contributed by atoms with van der Waals surface area (Å²) in [5.41, 5.74) is 2.66. The molecule has 0 spiro atoms. The van der Waals surface area contributed by atoms with E-state index in [9.17, 15) is 0 Å². The average molecular weight is 190 g/mol. The third kappa shape index (κ3) is 2.60. The fourth-order valence-corrected chi connectivity index (χ4v) is 1.61. The molecule has 0 atom stereocenters. The highest BCUT2D eigenvalue weighted by molar-refractivity contribution is 6.44. The molecule has 2 nitrogen and oxygen atoms in total. The van der Waals surface area contributed by atoms with Crippen molar-refractivity contribution in [2.75, 3.05) is 13.2 Å². The summed E-state index contributed by atoms with van der Waals surface area (Å²) in [7, 11) is 0.0244. The molecule has 0 amide bonds. The fraction of sp³-hybridized carbons (Fsp3) is 0.455. The Morgan fingerprint density at radius 2 is 1.79 bits per heavy atom. The third-order valence-electron chi connectivity index (χ3n) is 2.48. The second-order valence-electron chi connectivity index (χ2n) is 3.70. The molecule has 14 heavy (non-hydrogen) atoms. The van der Waals surface area contributed by atoms with E-state index >= 15 is 0 Å². The van der Waals surface area contributed by atoms with Gasteiger partial charge >= 0.3 is 7.12 Å². The normalized spacial score (nSPS) is 16.2. The van der Waals surface area contributed by atoms with Crippen LogP contribution in [-0.4, -0.2) is 20.3 Å². The van der Waals surface area contributed by atoms with Gasteiger partial charge in [-0.05, 0) is 25.2 Å². The lowest BCUT2D eigenvalue weighted by atomic mass is 9.82. The van der Waals surface area contributed by atoms with Gasteiger partial charge in [0, 0.05) is 0 Å². The molecule has 1 aromatic rings. The number of benzene rings is 1. The molecule has 1 fully saturated rings. The van der Waals surface area contributed by atoms with Crippen molar-refractivity contribution in [3.63, 3.8) is 0 Å². The molecular weight excluding hydrogens is 175 g/mol. The highest BCUT2D eigenvalue weighted by Gasteiger charge is 2.22. The summed E-state index contributed by atoms with van der Waals surface area (Å²) in [5.74, 6) is 0. The van der Waals surface area contributed by atoms with Crippen LogP contribution in [0.5, 0.6) is 0 Å². The zero-order valence-corrected chi connectivity index (χ0v) is 8.53. The second-order valence-corrected chi connectivity index (χ2v) is 3.70. The largest absolute Gasteiger partial charge is 0.457 e. The van der Waals surface area contributed by atoms with Crippen molar-refractivity contribution in [2.24, 2.45) is 0 Å². The van der Waals surface area contributed by atoms with Crippen molar-refractivity contribution in [3.8, 4) is 0 Å². The first-order chi connectivity index (χ1) is 6.84. The molecule has 1 saturated heterocycles. The van der Waals surface area contributed by atoms with Crippen LogP contribution in [0.25, 0.3) is 0 Å². The van der Waals surface area contributed by atoms with E-state index in [4.69, 9.17) is 9.31 Å². The first-order valence-electron chi connectivity index (χ1n) is 5.13. The highest BCUT2D eigenvalue weighted by atomic mass is 16.6. The van der Waals surface area contributed by atoms with Gasteiger partial charge < -0.3 is 9.31 Å². The van der Waals surface area contributed by atoms with E-state index < -0.39 is 0 Å². The number of aryl methyl sites for hydroxylation is 2. The molecule has 0 N–H and O–H groups in total. The van der Waals surface area contributed by atoms with E-state index in [1.54, 1.807) is 0 Å². The van der Waals surface area contributed by atoms with Crippen LogP contribution in [0.15, 0.2) is 24.3 Å². The Morgan fingerprint density at radius 3 is 2.43 bits per heavy atom. The van der Waals surface area contributed by atoms with Gasteiger partial charge in [-0.3, -0.25) is 0 Å². The predicted octanol–water partition coefficient (Wildman–Crippen LogP) is 2.07. The molecule has 0 unspecified atom stereocenters. The van der Waals surface area contributed by atoms with Gasteiger partial charge in [-0.2, -0.15) is 0 Å². The van der Waals surface area contributed by atoms with E-state index in [2.05, 4.69) is 31.2 Å². The Balaban J connectivity index is 1.82. The van der Waals surface area contributed by atoms with Crippen molar-refractivity contribution in [3.05, 3.63) is 35.4 Å². The van der Waals surface area contributed by atoms with Crippen LogP contribution in [0, 0.1) is 6.92 Å². The van der Waals surface area contributed by atoms with Crippen LogP contribution < -0.4 is 0 Å². The summed E-state index contributed by atoms with van der Waals surface area (Å²) >= 11 is 0. The minimum Gasteiger partial charge on any atom is -0.409 e. The van der Waals surface area contributed by atoms with E-state index in [-0.39, 0.29) is 7.12 Å². The van der Waals surface area contributed by atoms with Crippen LogP contribution in [0.3, 0.4) is 0 Å². The number of rotatable bonds is 3. The van der Waals surface area contributed by atoms with Crippen molar-refractivity contribution < 1.29 is 9.31 Å². The molecule has 1 heterocycles. The zero-order valence-electron chi connectivity index (χ0n) is 8.53. The zero-order chi connectivity index (χ0) is 9.80. The summed E-state index contributed by atoms with van der Waals surface area (Å²) < 4.78 is 10.8. The van der Waals surface area contributed by atoms with E-state index in [0.717, 1.165) is 26.0 Å². The minimum atomic E-state index is 0.0244. The Kier molecular flexibility index (Phi) is 3.22. The molecule has 0 aromatic heterocycles. The van der Waals surface area contributed by atoms with Crippen LogP contribution >= 0.6 is 0 Å². The van der Waals surface area contributed by atoms with Crippen LogP contribution in [0.4, 0.5) is 0 Å². The van der Waals surface area contributed by atoms with Crippen molar-refractivity contribution >= 4 is 7.12 Å². The molecule has 0 saturated carbocycles. The maximum atomic E-state index is 5.38. The van der Waals surface area contributed by atoms with E-state index in [1.165, 1.54) is 11.1 Å². The summed E-state index contributed by atoms with van der Waals surface area (Å²) in [6.07, 6.45) is 1.99. The minimum absolute atomic E-state index is 0.0244. The molecule has 0 bridgehead atoms. The Labute approximate surface area is 85.4 Å². The molecule has 1 aliphatic rings. The van der Waals surface area contributed by atoms with Gasteiger partial charge in [0.05, 0.1) is 13.2 Å². The van der Waals surface area contributed by atoms with Crippen molar-refractivity contribution in [1.82, 2.24) is 0 Å². The molecule has 0 aliphatic carbocycles. The van der Waals surface area contributed by atoms with Crippen LogP contribution in [0.2, 0.25) is 6.32 Å². The molecule has 2 rings (SSSR count). The van der Waals surface area contributed by atoms with Gasteiger partial charge in [0.1, 0.15) is 0 Å². The third-order valence-corrected chi connectivity index (χ3v) is 2.48. The maximum Gasteiger partial charge on any atom is 0.457 e. The monoisotopic (exact) mass is 190 g/mol. The van der Waals surface area contributed by atoms with Gasteiger partial charge in [0.2, 0.25) is 0 Å². The van der Waals surface area contributed by atoms with Gasteiger partial charge in [0.15, 0.2) is 0 Å². The molecular formula is C11H15BO2. The summed E-state index contributed by atoms with van der Waals surface area (Å²) in [5, 5.41) is 0. The fourth-order valence-electron chi connectivity index (χ4n) is 1.61. The quantitative estimate of drug-likeness (QED) is 0.679. The Morgan fingerprint density at radius 1 is 1.14 bits per heavy atom. The predicted molar refractivity (Wildman–Crippen MR) is 57.3 cm³/mol. The van der Waals surface area contributed by atoms with Crippen LogP contribution in [0.1, 0.15) is 11.1 Å². The van der Waals surface area contributed by atoms with Gasteiger partial charge in [-0.25, -0.2) is 0 Å². The van der Waals surface area contributed by atoms with E-state index in [1.807, 2.05) is 0 Å². The molecule has 0 radical (unpaired) electrons. The van der Waals surface area contributed by atoms with Crippen LogP contribution in [-0.2, 0) is 15.7 Å². The molecule has 3 heteroatoms. The summed E-state index contributed by atoms with van der Waals surface area (Å²) in [4.78, 5) is 0.